The Balaban J connectivity index is 1.12. The number of alkyl halides is 2. The summed E-state index contributed by atoms with van der Waals surface area (Å²) >= 11 is 6.32. The van der Waals surface area contributed by atoms with Crippen molar-refractivity contribution in [2.45, 2.75) is 37.6 Å². The predicted octanol–water partition coefficient (Wildman–Crippen LogP) is 7.02. The Kier molecular flexibility index (Phi) is 5.81. The first kappa shape index (κ1) is 26.2. The van der Waals surface area contributed by atoms with Crippen LogP contribution in [0.15, 0.2) is 82.6 Å². The van der Waals surface area contributed by atoms with Gasteiger partial charge in [-0.3, -0.25) is 4.79 Å². The fourth-order valence-corrected chi connectivity index (χ4v) is 6.84. The van der Waals surface area contributed by atoms with Crippen molar-refractivity contribution in [3.05, 3.63) is 111 Å². The van der Waals surface area contributed by atoms with Crippen molar-refractivity contribution < 1.29 is 17.9 Å². The van der Waals surface area contributed by atoms with E-state index < -0.39 is 18.1 Å². The van der Waals surface area contributed by atoms with Crippen LogP contribution in [0.5, 0.6) is 5.75 Å². The summed E-state index contributed by atoms with van der Waals surface area (Å²) in [5.74, 6) is 0.476. The van der Waals surface area contributed by atoms with Gasteiger partial charge in [0.05, 0.1) is 17.9 Å². The van der Waals surface area contributed by atoms with Crippen molar-refractivity contribution in [2.24, 2.45) is 10.9 Å². The highest BCUT2D eigenvalue weighted by Crippen LogP contribution is 2.60. The van der Waals surface area contributed by atoms with E-state index in [-0.39, 0.29) is 23.4 Å². The molecule has 4 aliphatic rings. The van der Waals surface area contributed by atoms with E-state index in [1.165, 1.54) is 10.7 Å². The summed E-state index contributed by atoms with van der Waals surface area (Å²) in [5, 5.41) is 7.85. The van der Waals surface area contributed by atoms with Gasteiger partial charge in [-0.2, -0.15) is 4.39 Å². The molecule has 11 heteroatoms. The zero-order valence-corrected chi connectivity index (χ0v) is 23.4. The molecule has 2 aromatic carbocycles. The van der Waals surface area contributed by atoms with Crippen LogP contribution in [0.4, 0.5) is 13.2 Å². The summed E-state index contributed by atoms with van der Waals surface area (Å²) in [6.07, 6.45) is 0.294. The number of nitrogens with zero attached hydrogens (tertiary/aromatic N) is 5. The molecule has 3 unspecified atom stereocenters. The first-order valence-electron chi connectivity index (χ1n) is 13.9. The molecule has 1 fully saturated rings. The average molecular weight is 602 g/mol. The summed E-state index contributed by atoms with van der Waals surface area (Å²) in [7, 11) is 0. The van der Waals surface area contributed by atoms with E-state index in [2.05, 4.69) is 21.9 Å². The summed E-state index contributed by atoms with van der Waals surface area (Å²) < 4.78 is 50.5. The molecule has 1 saturated carbocycles. The molecule has 2 aromatic heterocycles. The van der Waals surface area contributed by atoms with Crippen LogP contribution in [0.25, 0.3) is 22.4 Å². The van der Waals surface area contributed by atoms with Gasteiger partial charge in [-0.05, 0) is 64.9 Å². The first-order chi connectivity index (χ1) is 20.7. The van der Waals surface area contributed by atoms with Crippen molar-refractivity contribution >= 4 is 22.9 Å². The molecule has 7 nitrogen and oxygen atoms in total. The second-order valence-electron chi connectivity index (χ2n) is 11.5. The lowest BCUT2D eigenvalue weighted by molar-refractivity contribution is 0.146. The summed E-state index contributed by atoms with van der Waals surface area (Å²) in [6.45, 7) is 4.43. The number of benzene rings is 2. The van der Waals surface area contributed by atoms with Crippen LogP contribution in [0.3, 0.4) is 0 Å². The Labute approximate surface area is 248 Å². The minimum absolute atomic E-state index is 0.136. The lowest BCUT2D eigenvalue weighted by Gasteiger charge is -2.21. The Morgan fingerprint density at radius 2 is 1.93 bits per heavy atom. The maximum atomic E-state index is 15.3. The van der Waals surface area contributed by atoms with Gasteiger partial charge in [-0.15, -0.1) is 5.10 Å². The fourth-order valence-electron chi connectivity index (χ4n) is 6.67. The highest BCUT2D eigenvalue weighted by molar-refractivity contribution is 6.31. The van der Waals surface area contributed by atoms with Crippen molar-refractivity contribution in [1.29, 1.82) is 0 Å². The number of aliphatic imine (C=N–C) groups is 1. The van der Waals surface area contributed by atoms with Gasteiger partial charge in [0, 0.05) is 52.4 Å². The smallest absolute Gasteiger partial charge is 0.283 e. The van der Waals surface area contributed by atoms with E-state index in [0.717, 1.165) is 41.6 Å². The average Bonchev–Trinajstić information content (AvgIpc) is 3.28. The van der Waals surface area contributed by atoms with Crippen molar-refractivity contribution in [1.82, 2.24) is 19.6 Å². The van der Waals surface area contributed by atoms with Gasteiger partial charge in [-0.1, -0.05) is 35.5 Å². The Bertz CT molecular complexity index is 1990. The van der Waals surface area contributed by atoms with E-state index in [1.54, 1.807) is 22.8 Å². The minimum Gasteiger partial charge on any atom is -0.489 e. The van der Waals surface area contributed by atoms with E-state index in [1.807, 2.05) is 24.3 Å². The number of ether oxygens (including phenoxy) is 1. The van der Waals surface area contributed by atoms with E-state index in [9.17, 15) is 13.6 Å². The molecule has 216 valence electrons. The van der Waals surface area contributed by atoms with E-state index >= 15 is 4.39 Å². The summed E-state index contributed by atoms with van der Waals surface area (Å²) in [4.78, 5) is 18.0. The van der Waals surface area contributed by atoms with Gasteiger partial charge < -0.3 is 9.30 Å². The van der Waals surface area contributed by atoms with Crippen LogP contribution in [0, 0.1) is 5.92 Å². The number of hydrogen-bond acceptors (Lipinski definition) is 5. The topological polar surface area (TPSA) is 74.3 Å². The Morgan fingerprint density at radius 3 is 2.74 bits per heavy atom. The molecule has 43 heavy (non-hydrogen) atoms. The lowest BCUT2D eigenvalue weighted by atomic mass is 9.95. The second-order valence-corrected chi connectivity index (χ2v) is 11.9. The van der Waals surface area contributed by atoms with Gasteiger partial charge in [0.15, 0.2) is 0 Å². The second kappa shape index (κ2) is 9.54. The third-order valence-electron chi connectivity index (χ3n) is 8.73. The van der Waals surface area contributed by atoms with Crippen molar-refractivity contribution in [2.75, 3.05) is 6.61 Å². The molecule has 0 saturated heterocycles. The van der Waals surface area contributed by atoms with Gasteiger partial charge in [0.2, 0.25) is 5.95 Å². The normalized spacial score (nSPS) is 21.9. The van der Waals surface area contributed by atoms with Gasteiger partial charge in [0.25, 0.3) is 12.0 Å². The van der Waals surface area contributed by atoms with Crippen molar-refractivity contribution in [3.8, 4) is 22.6 Å². The first-order valence-corrected chi connectivity index (χ1v) is 14.3. The Hall–Kier alpha value is -4.44. The molecular weight excluding hydrogens is 579 g/mol. The molecular formula is C32H23ClF3N5O2. The number of allylic oxidation sites excluding steroid dienone is 1. The molecule has 0 radical (unpaired) electrons. The zero-order chi connectivity index (χ0) is 29.6. The number of fused-ring (bicyclic) bond motifs is 4. The summed E-state index contributed by atoms with van der Waals surface area (Å²) in [5.41, 5.74) is 5.60. The SMILES string of the molecule is C=C1COc2cc(C3=C(F)N=C(C4C5CC5c5cc(-c6cc(Cl)ccc6-n6cc(C(F)F)nn6)cc(=O)n54)C3)ccc2C1. The monoisotopic (exact) mass is 601 g/mol. The highest BCUT2D eigenvalue weighted by Gasteiger charge is 2.55. The van der Waals surface area contributed by atoms with E-state index in [0.29, 0.717) is 51.7 Å². The molecule has 1 aliphatic carbocycles. The van der Waals surface area contributed by atoms with Gasteiger partial charge >= 0.3 is 0 Å². The lowest BCUT2D eigenvalue weighted by Crippen LogP contribution is -2.29. The van der Waals surface area contributed by atoms with Gasteiger partial charge in [-0.25, -0.2) is 18.5 Å². The van der Waals surface area contributed by atoms with Crippen LogP contribution >= 0.6 is 11.6 Å². The highest BCUT2D eigenvalue weighted by atomic mass is 35.5. The minimum atomic E-state index is -2.77. The van der Waals surface area contributed by atoms with Crippen LogP contribution < -0.4 is 10.3 Å². The molecule has 8 rings (SSSR count). The fraction of sp³-hybridized carbons (Fsp3) is 0.250. The maximum absolute atomic E-state index is 15.3. The molecule has 0 spiro atoms. The molecule has 5 heterocycles. The quantitative estimate of drug-likeness (QED) is 0.182. The third kappa shape index (κ3) is 4.26. The molecule has 0 amide bonds. The standard InChI is InChI=1S/C32H23ClF3N5O2/c1-15-6-17-3-2-16(8-28(17)43-14-15)21-12-24(37-32(21)36)30-23-11-22(23)27-7-18(9-29(42)41(27)30)20-10-19(33)4-5-26(20)40-13-25(31(34)35)38-39-40/h2-5,7-10,13,22-23,30-31H,1,6,11-12,14H2. The number of hydrogen-bond donors (Lipinski definition) is 0. The number of aromatic nitrogens is 4. The third-order valence-corrected chi connectivity index (χ3v) is 8.97. The number of pyridine rings is 1. The van der Waals surface area contributed by atoms with Crippen LogP contribution in [-0.2, 0) is 6.42 Å². The summed E-state index contributed by atoms with van der Waals surface area (Å²) in [6, 6.07) is 13.7. The molecule has 3 aliphatic heterocycles. The van der Waals surface area contributed by atoms with Crippen molar-refractivity contribution in [3.63, 3.8) is 0 Å². The maximum Gasteiger partial charge on any atom is 0.283 e. The zero-order valence-electron chi connectivity index (χ0n) is 22.6. The molecule has 0 N–H and O–H groups in total. The van der Waals surface area contributed by atoms with Crippen LogP contribution in [0.2, 0.25) is 5.02 Å². The number of rotatable bonds is 5. The van der Waals surface area contributed by atoms with Crippen LogP contribution in [-0.4, -0.2) is 31.9 Å². The number of halogens is 4. The molecule has 4 aromatic rings. The Morgan fingerprint density at radius 1 is 1.07 bits per heavy atom. The van der Waals surface area contributed by atoms with E-state index in [4.69, 9.17) is 16.3 Å². The van der Waals surface area contributed by atoms with Gasteiger partial charge in [0.1, 0.15) is 18.1 Å². The molecule has 3 atom stereocenters. The van der Waals surface area contributed by atoms with Crippen LogP contribution in [0.1, 0.15) is 53.7 Å². The largest absolute Gasteiger partial charge is 0.489 e. The molecule has 0 bridgehead atoms. The predicted molar refractivity (Wildman–Crippen MR) is 156 cm³/mol.